The van der Waals surface area contributed by atoms with Crippen molar-refractivity contribution in [3.8, 4) is 0 Å². The molecule has 0 radical (unpaired) electrons. The van der Waals surface area contributed by atoms with Crippen LogP contribution in [0, 0.1) is 0 Å². The van der Waals surface area contributed by atoms with Gasteiger partial charge in [-0.25, -0.2) is 0 Å². The number of likely N-dealkylation sites (N-methyl/N-ethyl adjacent to an activating group) is 1. The predicted molar refractivity (Wildman–Crippen MR) is 58.8 cm³/mol. The summed E-state index contributed by atoms with van der Waals surface area (Å²) in [6.45, 7) is 0.391. The molecular weight excluding hydrogens is 200 g/mol. The summed E-state index contributed by atoms with van der Waals surface area (Å²) in [5, 5.41) is 0.662. The number of carbonyl (C=O) groups excluding carboxylic acids is 1. The number of benzene rings is 1. The molecule has 0 aliphatic rings. The zero-order chi connectivity index (χ0) is 10.6. The Kier molecular flexibility index (Phi) is 3.92. The van der Waals surface area contributed by atoms with E-state index in [1.165, 1.54) is 0 Å². The summed E-state index contributed by atoms with van der Waals surface area (Å²) < 4.78 is 0. The van der Waals surface area contributed by atoms with Crippen molar-refractivity contribution in [1.82, 2.24) is 0 Å². The van der Waals surface area contributed by atoms with Gasteiger partial charge in [-0.15, -0.1) is 0 Å². The Labute approximate surface area is 88.5 Å². The molecule has 0 saturated heterocycles. The first kappa shape index (κ1) is 11.0. The van der Waals surface area contributed by atoms with Gasteiger partial charge in [-0.3, -0.25) is 4.79 Å². The van der Waals surface area contributed by atoms with E-state index in [-0.39, 0.29) is 12.3 Å². The largest absolute Gasteiger partial charge is 0.367 e. The topological polar surface area (TPSA) is 46.3 Å². The van der Waals surface area contributed by atoms with Crippen molar-refractivity contribution < 1.29 is 4.79 Å². The highest BCUT2D eigenvalue weighted by Gasteiger charge is 2.05. The molecule has 0 aliphatic carbocycles. The van der Waals surface area contributed by atoms with Gasteiger partial charge in [-0.1, -0.05) is 17.7 Å². The molecule has 0 atom stereocenters. The number of rotatable bonds is 4. The normalized spacial score (nSPS) is 9.93. The number of halogens is 1. The van der Waals surface area contributed by atoms with Crippen molar-refractivity contribution in [3.05, 3.63) is 29.3 Å². The minimum absolute atomic E-state index is 0.00692. The van der Waals surface area contributed by atoms with E-state index in [4.69, 9.17) is 17.3 Å². The number of hydrogen-bond acceptors (Lipinski definition) is 3. The Bertz CT molecular complexity index is 328. The van der Waals surface area contributed by atoms with Crippen LogP contribution < -0.4 is 10.6 Å². The second-order valence-electron chi connectivity index (χ2n) is 3.08. The third-order valence-electron chi connectivity index (χ3n) is 1.89. The maximum atomic E-state index is 11.1. The SMILES string of the molecule is CN(CC(=O)CN)c1cccc(Cl)c1. The Morgan fingerprint density at radius 3 is 2.86 bits per heavy atom. The van der Waals surface area contributed by atoms with Crippen molar-refractivity contribution in [2.75, 3.05) is 25.0 Å². The molecular formula is C10H13ClN2O. The molecule has 76 valence electrons. The minimum atomic E-state index is 0.00692. The van der Waals surface area contributed by atoms with Crippen LogP contribution in [-0.4, -0.2) is 25.9 Å². The first-order valence-electron chi connectivity index (χ1n) is 4.32. The molecule has 1 aromatic carbocycles. The van der Waals surface area contributed by atoms with Crippen LogP contribution >= 0.6 is 11.6 Å². The third kappa shape index (κ3) is 3.01. The minimum Gasteiger partial charge on any atom is -0.367 e. The van der Waals surface area contributed by atoms with Crippen LogP contribution in [0.3, 0.4) is 0 Å². The quantitative estimate of drug-likeness (QED) is 0.819. The van der Waals surface area contributed by atoms with Gasteiger partial charge in [0.25, 0.3) is 0 Å². The lowest BCUT2D eigenvalue weighted by atomic mass is 10.3. The summed E-state index contributed by atoms with van der Waals surface area (Å²) >= 11 is 5.82. The lowest BCUT2D eigenvalue weighted by molar-refractivity contribution is -0.116. The van der Waals surface area contributed by atoms with Crippen LogP contribution in [0.5, 0.6) is 0 Å². The summed E-state index contributed by atoms with van der Waals surface area (Å²) in [6.07, 6.45) is 0. The number of nitrogens with zero attached hydrogens (tertiary/aromatic N) is 1. The van der Waals surface area contributed by atoms with Crippen molar-refractivity contribution in [1.29, 1.82) is 0 Å². The van der Waals surface area contributed by atoms with Crippen LogP contribution in [0.25, 0.3) is 0 Å². The van der Waals surface area contributed by atoms with Gasteiger partial charge in [-0.05, 0) is 18.2 Å². The molecule has 0 unspecified atom stereocenters. The van der Waals surface area contributed by atoms with Crippen LogP contribution in [0.4, 0.5) is 5.69 Å². The number of hydrogen-bond donors (Lipinski definition) is 1. The van der Waals surface area contributed by atoms with E-state index in [1.54, 1.807) is 6.07 Å². The molecule has 4 heteroatoms. The molecule has 3 nitrogen and oxygen atoms in total. The summed E-state index contributed by atoms with van der Waals surface area (Å²) in [4.78, 5) is 12.9. The lowest BCUT2D eigenvalue weighted by Crippen LogP contribution is -2.29. The molecule has 0 aromatic heterocycles. The van der Waals surface area contributed by atoms with Gasteiger partial charge in [0.05, 0.1) is 13.1 Å². The summed E-state index contributed by atoms with van der Waals surface area (Å²) in [5.74, 6) is 0.00692. The second-order valence-corrected chi connectivity index (χ2v) is 3.52. The summed E-state index contributed by atoms with van der Waals surface area (Å²) in [7, 11) is 1.83. The van der Waals surface area contributed by atoms with E-state index in [0.717, 1.165) is 5.69 Å². The highest BCUT2D eigenvalue weighted by atomic mass is 35.5. The maximum absolute atomic E-state index is 11.1. The highest BCUT2D eigenvalue weighted by Crippen LogP contribution is 2.17. The van der Waals surface area contributed by atoms with Crippen LogP contribution in [0.15, 0.2) is 24.3 Å². The summed E-state index contributed by atoms with van der Waals surface area (Å²) in [5.41, 5.74) is 6.14. The van der Waals surface area contributed by atoms with Gasteiger partial charge in [0.15, 0.2) is 5.78 Å². The highest BCUT2D eigenvalue weighted by molar-refractivity contribution is 6.30. The van der Waals surface area contributed by atoms with Crippen LogP contribution in [-0.2, 0) is 4.79 Å². The van der Waals surface area contributed by atoms with E-state index in [9.17, 15) is 4.79 Å². The number of ketones is 1. The molecule has 0 amide bonds. The average molecular weight is 213 g/mol. The molecule has 2 N–H and O–H groups in total. The van der Waals surface area contributed by atoms with Crippen LogP contribution in [0.2, 0.25) is 5.02 Å². The predicted octanol–water partition coefficient (Wildman–Crippen LogP) is 1.30. The number of anilines is 1. The van der Waals surface area contributed by atoms with Gasteiger partial charge in [0.1, 0.15) is 0 Å². The standard InChI is InChI=1S/C10H13ClN2O/c1-13(7-10(14)6-12)9-4-2-3-8(11)5-9/h2-5H,6-7,12H2,1H3. The second kappa shape index (κ2) is 4.98. The van der Waals surface area contributed by atoms with Crippen molar-refractivity contribution in [3.63, 3.8) is 0 Å². The fourth-order valence-corrected chi connectivity index (χ4v) is 1.32. The lowest BCUT2D eigenvalue weighted by Gasteiger charge is -2.17. The third-order valence-corrected chi connectivity index (χ3v) is 2.13. The fraction of sp³-hybridized carbons (Fsp3) is 0.300. The molecule has 0 fully saturated rings. The zero-order valence-corrected chi connectivity index (χ0v) is 8.79. The van der Waals surface area contributed by atoms with Crippen molar-refractivity contribution in [2.24, 2.45) is 5.73 Å². The smallest absolute Gasteiger partial charge is 0.165 e. The monoisotopic (exact) mass is 212 g/mol. The first-order chi connectivity index (χ1) is 6.63. The summed E-state index contributed by atoms with van der Waals surface area (Å²) in [6, 6.07) is 7.35. The van der Waals surface area contributed by atoms with Gasteiger partial charge < -0.3 is 10.6 Å². The molecule has 14 heavy (non-hydrogen) atoms. The average Bonchev–Trinajstić information content (AvgIpc) is 2.17. The van der Waals surface area contributed by atoms with Gasteiger partial charge in [-0.2, -0.15) is 0 Å². The van der Waals surface area contributed by atoms with Gasteiger partial charge >= 0.3 is 0 Å². The van der Waals surface area contributed by atoms with E-state index >= 15 is 0 Å². The number of carbonyl (C=O) groups is 1. The molecule has 0 aliphatic heterocycles. The van der Waals surface area contributed by atoms with E-state index < -0.39 is 0 Å². The fourth-order valence-electron chi connectivity index (χ4n) is 1.13. The Hall–Kier alpha value is -1.06. The van der Waals surface area contributed by atoms with Gasteiger partial charge in [0, 0.05) is 17.8 Å². The Morgan fingerprint density at radius 1 is 1.57 bits per heavy atom. The van der Waals surface area contributed by atoms with E-state index in [1.807, 2.05) is 30.1 Å². The molecule has 1 aromatic rings. The Morgan fingerprint density at radius 2 is 2.29 bits per heavy atom. The number of nitrogens with two attached hydrogens (primary N) is 1. The molecule has 0 bridgehead atoms. The molecule has 0 saturated carbocycles. The maximum Gasteiger partial charge on any atom is 0.165 e. The van der Waals surface area contributed by atoms with Gasteiger partial charge in [0.2, 0.25) is 0 Å². The van der Waals surface area contributed by atoms with Crippen LogP contribution in [0.1, 0.15) is 0 Å². The molecule has 0 heterocycles. The molecule has 1 rings (SSSR count). The van der Waals surface area contributed by atoms with Crippen molar-refractivity contribution in [2.45, 2.75) is 0 Å². The Balaban J connectivity index is 2.69. The van der Waals surface area contributed by atoms with Crippen molar-refractivity contribution >= 4 is 23.1 Å². The van der Waals surface area contributed by atoms with E-state index in [0.29, 0.717) is 11.6 Å². The number of Topliss-reactive ketones (excluding diaryl/α,β-unsaturated/α-hetero) is 1. The first-order valence-corrected chi connectivity index (χ1v) is 4.69. The molecule has 0 spiro atoms. The van der Waals surface area contributed by atoms with E-state index in [2.05, 4.69) is 0 Å². The zero-order valence-electron chi connectivity index (χ0n) is 8.03.